The number of aryl methyl sites for hydroxylation is 1. The number of hydrogen-bond donors (Lipinski definition) is 3. The molecule has 10 heteroatoms. The Morgan fingerprint density at radius 2 is 2.00 bits per heavy atom. The van der Waals surface area contributed by atoms with Crippen molar-refractivity contribution in [3.8, 4) is 5.75 Å². The minimum Gasteiger partial charge on any atom is -0.487 e. The van der Waals surface area contributed by atoms with Crippen LogP contribution in [0.1, 0.15) is 64.3 Å². The van der Waals surface area contributed by atoms with Crippen molar-refractivity contribution < 1.29 is 28.5 Å². The normalized spacial score (nSPS) is 19.7. The summed E-state index contributed by atoms with van der Waals surface area (Å²) in [6, 6.07) is 11.0. The molecule has 37 heavy (non-hydrogen) atoms. The Bertz CT molecular complexity index is 1310. The van der Waals surface area contributed by atoms with Crippen molar-refractivity contribution in [3.05, 3.63) is 75.2 Å². The summed E-state index contributed by atoms with van der Waals surface area (Å²) in [5.41, 5.74) is 2.59. The van der Waals surface area contributed by atoms with Gasteiger partial charge >= 0.3 is 5.97 Å². The molecule has 0 bridgehead atoms. The summed E-state index contributed by atoms with van der Waals surface area (Å²) < 4.78 is 30.4. The molecule has 0 amide bonds. The van der Waals surface area contributed by atoms with E-state index in [9.17, 15) is 23.8 Å². The highest BCUT2D eigenvalue weighted by atomic mass is 32.3. The number of ether oxygens (including phenoxy) is 1. The molecule has 0 aliphatic carbocycles. The number of carboxylic acid groups (broad SMARTS) is 1. The van der Waals surface area contributed by atoms with Crippen molar-refractivity contribution in [3.63, 3.8) is 0 Å². The van der Waals surface area contributed by atoms with Gasteiger partial charge in [0.1, 0.15) is 16.7 Å². The predicted molar refractivity (Wildman–Crippen MR) is 145 cm³/mol. The summed E-state index contributed by atoms with van der Waals surface area (Å²) in [4.78, 5) is 29.7. The number of Topliss-reactive ketones (excluding diaryl/α,β-unsaturated/α-hetero) is 1. The lowest BCUT2D eigenvalue weighted by Crippen LogP contribution is -2.34. The van der Waals surface area contributed by atoms with Gasteiger partial charge in [0.05, 0.1) is 23.5 Å². The topological polar surface area (TPSA) is 120 Å². The lowest BCUT2D eigenvalue weighted by molar-refractivity contribution is -0.141. The van der Waals surface area contributed by atoms with Gasteiger partial charge < -0.3 is 9.84 Å². The lowest BCUT2D eigenvalue weighted by atomic mass is 9.84. The molecule has 1 aliphatic rings. The second-order valence-corrected chi connectivity index (χ2v) is 12.5. The van der Waals surface area contributed by atoms with Gasteiger partial charge in [0.2, 0.25) is 0 Å². The number of carboxylic acids is 1. The van der Waals surface area contributed by atoms with Crippen LogP contribution in [0.15, 0.2) is 53.7 Å². The van der Waals surface area contributed by atoms with Crippen LogP contribution in [0.25, 0.3) is 0 Å². The summed E-state index contributed by atoms with van der Waals surface area (Å²) in [5.74, 6) is -1.77. The number of thiophene rings is 1. The van der Waals surface area contributed by atoms with Crippen molar-refractivity contribution in [2.45, 2.75) is 57.6 Å². The van der Waals surface area contributed by atoms with Gasteiger partial charge in [-0.05, 0) is 49.1 Å². The SMILES string of the molecule is CCC1CN(Cc2cc([C@@H](c3ccc(C(C)=O)s3)[C@@H](C)C(=O)O)ccc2C)S(O)(O)c2cnccc2O1. The van der Waals surface area contributed by atoms with Crippen LogP contribution in [0, 0.1) is 12.8 Å². The molecular formula is C27H32N2O6S2. The fourth-order valence-corrected chi connectivity index (χ4v) is 7.22. The smallest absolute Gasteiger partial charge is 0.307 e. The highest BCUT2D eigenvalue weighted by Crippen LogP contribution is 2.57. The summed E-state index contributed by atoms with van der Waals surface area (Å²) in [7, 11) is -3.38. The molecule has 0 fully saturated rings. The number of ketones is 1. The van der Waals surface area contributed by atoms with Gasteiger partial charge in [0.25, 0.3) is 0 Å². The van der Waals surface area contributed by atoms with Gasteiger partial charge in [-0.25, -0.2) is 0 Å². The first-order valence-electron chi connectivity index (χ1n) is 12.1. The number of rotatable bonds is 8. The van der Waals surface area contributed by atoms with E-state index < -0.39 is 28.6 Å². The molecule has 4 rings (SSSR count). The van der Waals surface area contributed by atoms with E-state index in [1.807, 2.05) is 38.1 Å². The molecule has 3 N–H and O–H groups in total. The van der Waals surface area contributed by atoms with Gasteiger partial charge in [-0.15, -0.1) is 22.1 Å². The number of hydrogen-bond acceptors (Lipinski definition) is 8. The highest BCUT2D eigenvalue weighted by molar-refractivity contribution is 8.22. The van der Waals surface area contributed by atoms with Crippen molar-refractivity contribution in [2.24, 2.45) is 5.92 Å². The third kappa shape index (κ3) is 5.58. The van der Waals surface area contributed by atoms with E-state index in [1.165, 1.54) is 24.5 Å². The Morgan fingerprint density at radius 1 is 1.24 bits per heavy atom. The number of benzene rings is 1. The van der Waals surface area contributed by atoms with Crippen LogP contribution in [0.4, 0.5) is 0 Å². The Hall–Kier alpha value is -2.76. The Morgan fingerprint density at radius 3 is 2.65 bits per heavy atom. The number of carbonyl (C=O) groups excluding carboxylic acids is 1. The average molecular weight is 545 g/mol. The summed E-state index contributed by atoms with van der Waals surface area (Å²) in [5, 5.41) is 9.87. The van der Waals surface area contributed by atoms with Crippen LogP contribution in [-0.4, -0.2) is 47.9 Å². The van der Waals surface area contributed by atoms with Gasteiger partial charge in [0, 0.05) is 29.6 Å². The van der Waals surface area contributed by atoms with E-state index in [0.29, 0.717) is 23.6 Å². The molecule has 198 valence electrons. The monoisotopic (exact) mass is 544 g/mol. The van der Waals surface area contributed by atoms with E-state index in [2.05, 4.69) is 4.98 Å². The molecule has 3 atom stereocenters. The van der Waals surface area contributed by atoms with Crippen molar-refractivity contribution in [1.82, 2.24) is 9.29 Å². The minimum absolute atomic E-state index is 0.0589. The Balaban J connectivity index is 1.74. The molecule has 1 aromatic carbocycles. The molecular weight excluding hydrogens is 512 g/mol. The number of carbonyl (C=O) groups is 2. The lowest BCUT2D eigenvalue weighted by Gasteiger charge is -2.41. The maximum atomic E-state index is 12.1. The summed E-state index contributed by atoms with van der Waals surface area (Å²) in [6.07, 6.45) is 3.44. The number of nitrogens with zero attached hydrogens (tertiary/aromatic N) is 2. The zero-order chi connectivity index (χ0) is 26.9. The maximum Gasteiger partial charge on any atom is 0.307 e. The molecule has 0 saturated carbocycles. The first-order valence-corrected chi connectivity index (χ1v) is 14.4. The van der Waals surface area contributed by atoms with E-state index in [1.54, 1.807) is 29.6 Å². The highest BCUT2D eigenvalue weighted by Gasteiger charge is 2.35. The van der Waals surface area contributed by atoms with Gasteiger partial charge in [0.15, 0.2) is 5.78 Å². The number of fused-ring (bicyclic) bond motifs is 1. The molecule has 3 aromatic rings. The van der Waals surface area contributed by atoms with E-state index in [4.69, 9.17) is 4.74 Å². The van der Waals surface area contributed by atoms with E-state index in [0.717, 1.165) is 21.6 Å². The molecule has 0 radical (unpaired) electrons. The summed E-state index contributed by atoms with van der Waals surface area (Å²) in [6.45, 7) is 7.63. The van der Waals surface area contributed by atoms with Crippen LogP contribution in [-0.2, 0) is 11.3 Å². The van der Waals surface area contributed by atoms with E-state index in [-0.39, 0.29) is 23.3 Å². The van der Waals surface area contributed by atoms with Crippen LogP contribution in [0.2, 0.25) is 0 Å². The standard InChI is InChI=1S/C27H32N2O6S2/c1-5-21-15-29(37(33,34)25-13-28-11-10-22(25)35-21)14-20-12-19(7-6-16(20)2)26(17(3)27(31)32)24-9-8-23(36-24)18(4)30/h6-13,17,21,26,33-34H,5,14-15H2,1-4H3,(H,31,32)/t17-,21?,26+/m1/s1. The fraction of sp³-hybridized carbons (Fsp3) is 0.370. The Kier molecular flexibility index (Phi) is 8.05. The van der Waals surface area contributed by atoms with Gasteiger partial charge in [-0.1, -0.05) is 32.0 Å². The van der Waals surface area contributed by atoms with Gasteiger partial charge in [-0.3, -0.25) is 23.7 Å². The first-order chi connectivity index (χ1) is 17.5. The molecule has 3 heterocycles. The predicted octanol–water partition coefficient (Wildman–Crippen LogP) is 6.20. The average Bonchev–Trinajstić information content (AvgIpc) is 3.31. The molecule has 0 saturated heterocycles. The minimum atomic E-state index is -3.38. The van der Waals surface area contributed by atoms with Gasteiger partial charge in [-0.2, -0.15) is 4.31 Å². The van der Waals surface area contributed by atoms with Crippen LogP contribution in [0.5, 0.6) is 5.75 Å². The zero-order valence-electron chi connectivity index (χ0n) is 21.2. The second-order valence-electron chi connectivity index (χ2n) is 9.36. The first kappa shape index (κ1) is 27.3. The zero-order valence-corrected chi connectivity index (χ0v) is 22.9. The van der Waals surface area contributed by atoms with Crippen LogP contribution < -0.4 is 4.74 Å². The van der Waals surface area contributed by atoms with Crippen molar-refractivity contribution >= 4 is 33.9 Å². The number of pyridine rings is 1. The molecule has 1 unspecified atom stereocenters. The van der Waals surface area contributed by atoms with Crippen LogP contribution in [0.3, 0.4) is 0 Å². The molecule has 0 spiro atoms. The Labute approximate surface area is 222 Å². The second kappa shape index (κ2) is 10.9. The molecule has 2 aromatic heterocycles. The number of aliphatic carboxylic acids is 1. The maximum absolute atomic E-state index is 12.1. The number of aromatic nitrogens is 1. The molecule has 1 aliphatic heterocycles. The van der Waals surface area contributed by atoms with Crippen LogP contribution >= 0.6 is 22.1 Å². The molecule has 8 nitrogen and oxygen atoms in total. The quantitative estimate of drug-likeness (QED) is 0.287. The summed E-state index contributed by atoms with van der Waals surface area (Å²) >= 11 is 1.31. The van der Waals surface area contributed by atoms with E-state index >= 15 is 0 Å². The van der Waals surface area contributed by atoms with Crippen molar-refractivity contribution in [1.29, 1.82) is 0 Å². The third-order valence-electron chi connectivity index (χ3n) is 6.81. The fourth-order valence-electron chi connectivity index (χ4n) is 4.52. The van der Waals surface area contributed by atoms with Crippen molar-refractivity contribution in [2.75, 3.05) is 6.54 Å². The third-order valence-corrected chi connectivity index (χ3v) is 9.97. The largest absolute Gasteiger partial charge is 0.487 e.